The molecular formula is C22H28IN5O. The Hall–Kier alpha value is -2.55. The first-order valence-corrected chi connectivity index (χ1v) is 9.47. The molecule has 29 heavy (non-hydrogen) atoms. The molecule has 7 heteroatoms. The number of hydrogen-bond acceptors (Lipinski definition) is 3. The monoisotopic (exact) mass is 505 g/mol. The van der Waals surface area contributed by atoms with E-state index < -0.39 is 0 Å². The van der Waals surface area contributed by atoms with Crippen LogP contribution < -0.4 is 15.4 Å². The smallest absolute Gasteiger partial charge is 0.191 e. The SMILES string of the molecule is CCNC(=NCc1cnn(Cc2ccccc2)c1)NCc1ccc(OC)cc1.I. The lowest BCUT2D eigenvalue weighted by atomic mass is 10.2. The maximum absolute atomic E-state index is 5.20. The highest BCUT2D eigenvalue weighted by Crippen LogP contribution is 2.11. The second-order valence-electron chi connectivity index (χ2n) is 6.43. The van der Waals surface area contributed by atoms with Crippen LogP contribution >= 0.6 is 24.0 Å². The van der Waals surface area contributed by atoms with Gasteiger partial charge in [-0.2, -0.15) is 5.10 Å². The van der Waals surface area contributed by atoms with E-state index in [1.165, 1.54) is 11.1 Å². The van der Waals surface area contributed by atoms with E-state index in [9.17, 15) is 0 Å². The minimum atomic E-state index is 0. The first-order chi connectivity index (χ1) is 13.8. The van der Waals surface area contributed by atoms with Gasteiger partial charge in [-0.1, -0.05) is 42.5 Å². The van der Waals surface area contributed by atoms with Crippen LogP contribution in [0, 0.1) is 0 Å². The molecule has 0 aliphatic heterocycles. The summed E-state index contributed by atoms with van der Waals surface area (Å²) in [6.07, 6.45) is 3.92. The van der Waals surface area contributed by atoms with Gasteiger partial charge in [-0.05, 0) is 30.2 Å². The third-order valence-electron chi connectivity index (χ3n) is 4.26. The third kappa shape index (κ3) is 7.41. The zero-order valence-electron chi connectivity index (χ0n) is 16.8. The van der Waals surface area contributed by atoms with E-state index >= 15 is 0 Å². The summed E-state index contributed by atoms with van der Waals surface area (Å²) in [5.74, 6) is 1.64. The van der Waals surface area contributed by atoms with Crippen molar-refractivity contribution in [1.82, 2.24) is 20.4 Å². The second-order valence-corrected chi connectivity index (χ2v) is 6.43. The molecule has 1 aromatic heterocycles. The molecule has 0 spiro atoms. The third-order valence-corrected chi connectivity index (χ3v) is 4.26. The molecule has 0 amide bonds. The summed E-state index contributed by atoms with van der Waals surface area (Å²) in [7, 11) is 1.67. The van der Waals surface area contributed by atoms with Crippen LogP contribution in [0.3, 0.4) is 0 Å². The molecule has 0 atom stereocenters. The van der Waals surface area contributed by atoms with Crippen molar-refractivity contribution in [3.63, 3.8) is 0 Å². The fourth-order valence-corrected chi connectivity index (χ4v) is 2.79. The van der Waals surface area contributed by atoms with Crippen molar-refractivity contribution < 1.29 is 4.74 Å². The first-order valence-electron chi connectivity index (χ1n) is 9.47. The number of aliphatic imine (C=N–C) groups is 1. The van der Waals surface area contributed by atoms with E-state index in [1.807, 2.05) is 59.5 Å². The molecule has 1 heterocycles. The van der Waals surface area contributed by atoms with Crippen molar-refractivity contribution in [2.75, 3.05) is 13.7 Å². The number of guanidine groups is 1. The largest absolute Gasteiger partial charge is 0.497 e. The number of nitrogens with zero attached hydrogens (tertiary/aromatic N) is 3. The summed E-state index contributed by atoms with van der Waals surface area (Å²) < 4.78 is 7.14. The number of aromatic nitrogens is 2. The predicted molar refractivity (Wildman–Crippen MR) is 128 cm³/mol. The zero-order chi connectivity index (χ0) is 19.6. The van der Waals surface area contributed by atoms with Crippen LogP contribution in [-0.2, 0) is 19.6 Å². The average molecular weight is 505 g/mol. The van der Waals surface area contributed by atoms with Crippen LogP contribution in [0.1, 0.15) is 23.6 Å². The number of nitrogens with one attached hydrogen (secondary N) is 2. The lowest BCUT2D eigenvalue weighted by Crippen LogP contribution is -2.36. The van der Waals surface area contributed by atoms with Gasteiger partial charge < -0.3 is 15.4 Å². The number of ether oxygens (including phenoxy) is 1. The van der Waals surface area contributed by atoms with Crippen LogP contribution in [0.2, 0.25) is 0 Å². The molecule has 154 valence electrons. The Morgan fingerprint density at radius 1 is 1.00 bits per heavy atom. The van der Waals surface area contributed by atoms with Gasteiger partial charge in [0.1, 0.15) is 5.75 Å². The Kier molecular flexibility index (Phi) is 9.49. The molecule has 6 nitrogen and oxygen atoms in total. The van der Waals surface area contributed by atoms with Gasteiger partial charge in [-0.25, -0.2) is 4.99 Å². The lowest BCUT2D eigenvalue weighted by Gasteiger charge is -2.11. The van der Waals surface area contributed by atoms with Gasteiger partial charge in [0.05, 0.1) is 26.4 Å². The number of methoxy groups -OCH3 is 1. The van der Waals surface area contributed by atoms with Crippen molar-refractivity contribution in [1.29, 1.82) is 0 Å². The molecule has 0 fully saturated rings. The molecule has 0 aliphatic carbocycles. The Morgan fingerprint density at radius 2 is 1.76 bits per heavy atom. The maximum Gasteiger partial charge on any atom is 0.191 e. The van der Waals surface area contributed by atoms with Crippen molar-refractivity contribution >= 4 is 29.9 Å². The predicted octanol–water partition coefficient (Wildman–Crippen LogP) is 3.81. The number of halogens is 1. The molecule has 2 aromatic carbocycles. The summed E-state index contributed by atoms with van der Waals surface area (Å²) in [5, 5.41) is 11.1. The molecule has 3 aromatic rings. The average Bonchev–Trinajstić information content (AvgIpc) is 3.18. The summed E-state index contributed by atoms with van der Waals surface area (Å²) >= 11 is 0. The van der Waals surface area contributed by atoms with E-state index in [0.29, 0.717) is 13.1 Å². The minimum absolute atomic E-state index is 0. The van der Waals surface area contributed by atoms with Crippen LogP contribution in [0.4, 0.5) is 0 Å². The molecule has 0 saturated heterocycles. The Morgan fingerprint density at radius 3 is 2.45 bits per heavy atom. The molecule has 3 rings (SSSR count). The highest BCUT2D eigenvalue weighted by molar-refractivity contribution is 14.0. The normalized spacial score (nSPS) is 10.9. The fraction of sp³-hybridized carbons (Fsp3) is 0.273. The standard InChI is InChI=1S/C22H27N5O.HI/c1-3-23-22(24-13-18-9-11-21(28-2)12-10-18)25-14-20-15-26-27(17-20)16-19-7-5-4-6-8-19;/h4-12,15,17H,3,13-14,16H2,1-2H3,(H2,23,24,25);1H. The van der Waals surface area contributed by atoms with Crippen molar-refractivity contribution in [3.05, 3.63) is 83.7 Å². The zero-order valence-corrected chi connectivity index (χ0v) is 19.2. The molecule has 0 unspecified atom stereocenters. The summed E-state index contributed by atoms with van der Waals surface area (Å²) in [4.78, 5) is 4.67. The summed E-state index contributed by atoms with van der Waals surface area (Å²) in [5.41, 5.74) is 3.48. The van der Waals surface area contributed by atoms with Crippen LogP contribution in [0.25, 0.3) is 0 Å². The minimum Gasteiger partial charge on any atom is -0.497 e. The molecular weight excluding hydrogens is 477 g/mol. The van der Waals surface area contributed by atoms with Gasteiger partial charge in [0.25, 0.3) is 0 Å². The number of benzene rings is 2. The van der Waals surface area contributed by atoms with E-state index in [-0.39, 0.29) is 24.0 Å². The Bertz CT molecular complexity index is 878. The number of rotatable bonds is 8. The van der Waals surface area contributed by atoms with Crippen LogP contribution in [0.5, 0.6) is 5.75 Å². The van der Waals surface area contributed by atoms with E-state index in [0.717, 1.165) is 30.4 Å². The van der Waals surface area contributed by atoms with Gasteiger partial charge >= 0.3 is 0 Å². The summed E-state index contributed by atoms with van der Waals surface area (Å²) in [6.45, 7) is 4.90. The molecule has 0 bridgehead atoms. The fourth-order valence-electron chi connectivity index (χ4n) is 2.79. The first kappa shape index (κ1) is 22.7. The van der Waals surface area contributed by atoms with E-state index in [2.05, 4.69) is 39.8 Å². The highest BCUT2D eigenvalue weighted by atomic mass is 127. The van der Waals surface area contributed by atoms with Crippen molar-refractivity contribution in [2.45, 2.75) is 26.6 Å². The van der Waals surface area contributed by atoms with E-state index in [4.69, 9.17) is 4.74 Å². The topological polar surface area (TPSA) is 63.5 Å². The lowest BCUT2D eigenvalue weighted by molar-refractivity contribution is 0.414. The van der Waals surface area contributed by atoms with Crippen molar-refractivity contribution in [2.24, 2.45) is 4.99 Å². The Balaban J connectivity index is 0.00000300. The van der Waals surface area contributed by atoms with Gasteiger partial charge in [0, 0.05) is 24.8 Å². The molecule has 0 radical (unpaired) electrons. The second kappa shape index (κ2) is 12.1. The van der Waals surface area contributed by atoms with Gasteiger partial charge in [-0.15, -0.1) is 24.0 Å². The van der Waals surface area contributed by atoms with Gasteiger partial charge in [-0.3, -0.25) is 4.68 Å². The van der Waals surface area contributed by atoms with Gasteiger partial charge in [0.15, 0.2) is 5.96 Å². The molecule has 2 N–H and O–H groups in total. The van der Waals surface area contributed by atoms with Crippen LogP contribution in [0.15, 0.2) is 72.0 Å². The number of hydrogen-bond donors (Lipinski definition) is 2. The highest BCUT2D eigenvalue weighted by Gasteiger charge is 2.02. The van der Waals surface area contributed by atoms with Crippen LogP contribution in [-0.4, -0.2) is 29.4 Å². The maximum atomic E-state index is 5.20. The molecule has 0 aliphatic rings. The summed E-state index contributed by atoms with van der Waals surface area (Å²) in [6, 6.07) is 18.3. The quantitative estimate of drug-likeness (QED) is 0.278. The van der Waals surface area contributed by atoms with Gasteiger partial charge in [0.2, 0.25) is 0 Å². The molecule has 0 saturated carbocycles. The van der Waals surface area contributed by atoms with Crippen molar-refractivity contribution in [3.8, 4) is 5.75 Å². The van der Waals surface area contributed by atoms with E-state index in [1.54, 1.807) is 7.11 Å². The Labute approximate surface area is 189 Å².